The quantitative estimate of drug-likeness (QED) is 0.918. The summed E-state index contributed by atoms with van der Waals surface area (Å²) in [5, 5.41) is 7.90. The highest BCUT2D eigenvalue weighted by Gasteiger charge is 2.40. The number of hydrogen-bond acceptors (Lipinski definition) is 4. The van der Waals surface area contributed by atoms with E-state index in [1.165, 1.54) is 0 Å². The SMILES string of the molecule is CO[C@@H]1C[C@@H](c2nc(C3CC3)n[nH]2)N(C(=O)c2cc(Cl)cn2C)C1. The number of carbonyl (C=O) groups is 1. The molecule has 7 nitrogen and oxygen atoms in total. The van der Waals surface area contributed by atoms with E-state index in [4.69, 9.17) is 16.3 Å². The number of aryl methyl sites for hydroxylation is 1. The predicted octanol–water partition coefficient (Wildman–Crippen LogP) is 2.28. The molecule has 128 valence electrons. The van der Waals surface area contributed by atoms with E-state index in [1.807, 2.05) is 7.05 Å². The highest BCUT2D eigenvalue weighted by Crippen LogP contribution is 2.39. The standard InChI is InChI=1S/C16H20ClN5O2/c1-21-7-10(17)5-13(21)16(23)22-8-11(24-2)6-12(22)15-18-14(19-20-15)9-3-4-9/h5,7,9,11-12H,3-4,6,8H2,1-2H3,(H,18,19,20)/t11-,12+/m1/s1. The third-order valence-corrected chi connectivity index (χ3v) is 5.03. The minimum atomic E-state index is -0.156. The molecule has 2 aliphatic rings. The second-order valence-corrected chi connectivity index (χ2v) is 7.01. The van der Waals surface area contributed by atoms with Crippen LogP contribution in [0.2, 0.25) is 5.02 Å². The van der Waals surface area contributed by atoms with Crippen molar-refractivity contribution in [2.24, 2.45) is 7.05 Å². The van der Waals surface area contributed by atoms with Crippen LogP contribution in [0.15, 0.2) is 12.3 Å². The zero-order valence-electron chi connectivity index (χ0n) is 13.7. The van der Waals surface area contributed by atoms with Gasteiger partial charge in [-0.3, -0.25) is 9.89 Å². The van der Waals surface area contributed by atoms with Gasteiger partial charge in [-0.25, -0.2) is 4.98 Å². The van der Waals surface area contributed by atoms with Crippen molar-refractivity contribution in [3.8, 4) is 0 Å². The van der Waals surface area contributed by atoms with Crippen LogP contribution in [0.5, 0.6) is 0 Å². The van der Waals surface area contributed by atoms with E-state index in [9.17, 15) is 4.79 Å². The summed E-state index contributed by atoms with van der Waals surface area (Å²) in [6.45, 7) is 0.530. The highest BCUT2D eigenvalue weighted by molar-refractivity contribution is 6.31. The Balaban J connectivity index is 1.63. The van der Waals surface area contributed by atoms with E-state index in [1.54, 1.807) is 28.8 Å². The number of aromatic amines is 1. The Morgan fingerprint density at radius 3 is 2.88 bits per heavy atom. The fraction of sp³-hybridized carbons (Fsp3) is 0.562. The minimum Gasteiger partial charge on any atom is -0.380 e. The molecule has 1 saturated carbocycles. The first kappa shape index (κ1) is 15.7. The van der Waals surface area contributed by atoms with Crippen molar-refractivity contribution < 1.29 is 9.53 Å². The van der Waals surface area contributed by atoms with Crippen LogP contribution in [0.3, 0.4) is 0 Å². The maximum absolute atomic E-state index is 13.0. The summed E-state index contributed by atoms with van der Waals surface area (Å²) in [5.41, 5.74) is 0.559. The number of ether oxygens (including phenoxy) is 1. The monoisotopic (exact) mass is 349 g/mol. The number of H-pyrrole nitrogens is 1. The third-order valence-electron chi connectivity index (χ3n) is 4.83. The number of carbonyl (C=O) groups excluding carboxylic acids is 1. The molecule has 1 N–H and O–H groups in total. The summed E-state index contributed by atoms with van der Waals surface area (Å²) in [5.74, 6) is 2.01. The molecule has 4 rings (SSSR count). The molecule has 3 heterocycles. The lowest BCUT2D eigenvalue weighted by Gasteiger charge is -2.22. The first-order chi connectivity index (χ1) is 11.6. The predicted molar refractivity (Wildman–Crippen MR) is 88.0 cm³/mol. The van der Waals surface area contributed by atoms with Gasteiger partial charge in [-0.15, -0.1) is 0 Å². The average molecular weight is 350 g/mol. The molecule has 0 spiro atoms. The number of amides is 1. The molecule has 0 radical (unpaired) electrons. The summed E-state index contributed by atoms with van der Waals surface area (Å²) in [6, 6.07) is 1.54. The molecule has 2 fully saturated rings. The Morgan fingerprint density at radius 2 is 2.25 bits per heavy atom. The van der Waals surface area contributed by atoms with Gasteiger partial charge in [0, 0.05) is 39.2 Å². The molecule has 1 amide bonds. The molecule has 0 unspecified atom stereocenters. The van der Waals surface area contributed by atoms with Crippen molar-refractivity contribution in [1.29, 1.82) is 0 Å². The maximum Gasteiger partial charge on any atom is 0.271 e. The van der Waals surface area contributed by atoms with Crippen molar-refractivity contribution in [1.82, 2.24) is 24.6 Å². The Kier molecular flexibility index (Phi) is 3.85. The largest absolute Gasteiger partial charge is 0.380 e. The molecule has 1 aliphatic carbocycles. The lowest BCUT2D eigenvalue weighted by atomic mass is 10.2. The van der Waals surface area contributed by atoms with Crippen molar-refractivity contribution >= 4 is 17.5 Å². The molecule has 1 saturated heterocycles. The van der Waals surface area contributed by atoms with Gasteiger partial charge in [0.15, 0.2) is 5.82 Å². The van der Waals surface area contributed by atoms with Crippen molar-refractivity contribution in [3.05, 3.63) is 34.6 Å². The molecule has 0 bridgehead atoms. The number of likely N-dealkylation sites (tertiary alicyclic amines) is 1. The summed E-state index contributed by atoms with van der Waals surface area (Å²) in [6.07, 6.45) is 4.72. The fourth-order valence-corrected chi connectivity index (χ4v) is 3.55. The lowest BCUT2D eigenvalue weighted by molar-refractivity contribution is 0.0675. The molecule has 0 aromatic carbocycles. The molecular weight excluding hydrogens is 330 g/mol. The van der Waals surface area contributed by atoms with Gasteiger partial charge in [-0.05, 0) is 18.9 Å². The highest BCUT2D eigenvalue weighted by atomic mass is 35.5. The van der Waals surface area contributed by atoms with Gasteiger partial charge < -0.3 is 14.2 Å². The van der Waals surface area contributed by atoms with E-state index in [-0.39, 0.29) is 18.1 Å². The van der Waals surface area contributed by atoms with Crippen molar-refractivity contribution in [3.63, 3.8) is 0 Å². The van der Waals surface area contributed by atoms with Gasteiger partial charge in [0.1, 0.15) is 11.5 Å². The van der Waals surface area contributed by atoms with Crippen molar-refractivity contribution in [2.45, 2.75) is 37.3 Å². The number of rotatable bonds is 4. The number of methoxy groups -OCH3 is 1. The normalized spacial score (nSPS) is 23.9. The first-order valence-electron chi connectivity index (χ1n) is 8.14. The summed E-state index contributed by atoms with van der Waals surface area (Å²) < 4.78 is 7.24. The number of nitrogens with one attached hydrogen (secondary N) is 1. The zero-order valence-corrected chi connectivity index (χ0v) is 14.5. The molecule has 8 heteroatoms. The van der Waals surface area contributed by atoms with Crippen LogP contribution >= 0.6 is 11.6 Å². The van der Waals surface area contributed by atoms with Crippen LogP contribution in [0.4, 0.5) is 0 Å². The molecule has 24 heavy (non-hydrogen) atoms. The number of aromatic nitrogens is 4. The second-order valence-electron chi connectivity index (χ2n) is 6.57. The van der Waals surface area contributed by atoms with E-state index in [0.717, 1.165) is 24.5 Å². The molecule has 1 aliphatic heterocycles. The van der Waals surface area contributed by atoms with Gasteiger partial charge in [-0.2, -0.15) is 5.10 Å². The third kappa shape index (κ3) is 2.71. The Labute approximate surface area is 145 Å². The minimum absolute atomic E-state index is 0.0100. The van der Waals surface area contributed by atoms with Crippen molar-refractivity contribution in [2.75, 3.05) is 13.7 Å². The van der Waals surface area contributed by atoms with E-state index in [0.29, 0.717) is 29.6 Å². The Morgan fingerprint density at radius 1 is 1.46 bits per heavy atom. The lowest BCUT2D eigenvalue weighted by Crippen LogP contribution is -2.33. The molecule has 2 aromatic heterocycles. The van der Waals surface area contributed by atoms with Gasteiger partial charge in [0.05, 0.1) is 17.2 Å². The zero-order chi connectivity index (χ0) is 16.8. The van der Waals surface area contributed by atoms with Gasteiger partial charge in [0.2, 0.25) is 0 Å². The number of hydrogen-bond donors (Lipinski definition) is 1. The fourth-order valence-electron chi connectivity index (χ4n) is 3.30. The summed E-state index contributed by atoms with van der Waals surface area (Å²) in [4.78, 5) is 19.4. The van der Waals surface area contributed by atoms with Gasteiger partial charge in [0.25, 0.3) is 5.91 Å². The van der Waals surface area contributed by atoms with E-state index >= 15 is 0 Å². The Bertz CT molecular complexity index is 766. The molecule has 2 atom stereocenters. The first-order valence-corrected chi connectivity index (χ1v) is 8.52. The number of nitrogens with zero attached hydrogens (tertiary/aromatic N) is 4. The summed E-state index contributed by atoms with van der Waals surface area (Å²) >= 11 is 6.03. The van der Waals surface area contributed by atoms with Crippen LogP contribution in [0, 0.1) is 0 Å². The van der Waals surface area contributed by atoms with Crippen LogP contribution in [-0.4, -0.2) is 50.3 Å². The summed E-state index contributed by atoms with van der Waals surface area (Å²) in [7, 11) is 3.49. The Hall–Kier alpha value is -1.86. The van der Waals surface area contributed by atoms with Gasteiger partial charge in [-0.1, -0.05) is 11.6 Å². The smallest absolute Gasteiger partial charge is 0.271 e. The van der Waals surface area contributed by atoms with E-state index in [2.05, 4.69) is 15.2 Å². The van der Waals surface area contributed by atoms with E-state index < -0.39 is 0 Å². The number of halogens is 1. The molecular formula is C16H20ClN5O2. The second kappa shape index (κ2) is 5.89. The topological polar surface area (TPSA) is 76.0 Å². The van der Waals surface area contributed by atoms with Crippen LogP contribution in [0.1, 0.15) is 53.4 Å². The molecule has 2 aromatic rings. The van der Waals surface area contributed by atoms with Crippen LogP contribution in [0.25, 0.3) is 0 Å². The van der Waals surface area contributed by atoms with Gasteiger partial charge >= 0.3 is 0 Å². The van der Waals surface area contributed by atoms with Crippen LogP contribution in [-0.2, 0) is 11.8 Å². The average Bonchev–Trinajstić information content (AvgIpc) is 3.00. The maximum atomic E-state index is 13.0. The van der Waals surface area contributed by atoms with Crippen LogP contribution < -0.4 is 0 Å².